The molecule has 1 saturated heterocycles. The predicted molar refractivity (Wildman–Crippen MR) is 104 cm³/mol. The Morgan fingerprint density at radius 3 is 2.85 bits per heavy atom. The minimum absolute atomic E-state index is 0.0530. The van der Waals surface area contributed by atoms with Gasteiger partial charge in [0.15, 0.2) is 11.6 Å². The van der Waals surface area contributed by atoms with E-state index < -0.39 is 0 Å². The highest BCUT2D eigenvalue weighted by molar-refractivity contribution is 7.20. The highest BCUT2D eigenvalue weighted by Crippen LogP contribution is 2.32. The van der Waals surface area contributed by atoms with Crippen LogP contribution in [0.2, 0.25) is 0 Å². The number of aryl methyl sites for hydroxylation is 2. The third-order valence-corrected chi connectivity index (χ3v) is 5.92. The van der Waals surface area contributed by atoms with Gasteiger partial charge in [0.25, 0.3) is 5.91 Å². The van der Waals surface area contributed by atoms with Crippen molar-refractivity contribution in [3.63, 3.8) is 0 Å². The van der Waals surface area contributed by atoms with Crippen LogP contribution in [0.1, 0.15) is 20.9 Å². The molecular formula is C19H22N4O3S. The summed E-state index contributed by atoms with van der Waals surface area (Å²) in [5, 5.41) is 3.98. The summed E-state index contributed by atoms with van der Waals surface area (Å²) >= 11 is 1.41. The number of nitrogens with one attached hydrogen (secondary N) is 1. The van der Waals surface area contributed by atoms with E-state index in [-0.39, 0.29) is 5.91 Å². The van der Waals surface area contributed by atoms with Gasteiger partial charge in [-0.15, -0.1) is 11.3 Å². The van der Waals surface area contributed by atoms with Gasteiger partial charge in [0.05, 0.1) is 30.0 Å². The zero-order chi connectivity index (χ0) is 18.8. The van der Waals surface area contributed by atoms with Gasteiger partial charge in [-0.25, -0.2) is 9.97 Å². The van der Waals surface area contributed by atoms with Gasteiger partial charge in [-0.1, -0.05) is 0 Å². The number of rotatable bonds is 5. The number of amides is 1. The Morgan fingerprint density at radius 1 is 1.30 bits per heavy atom. The minimum atomic E-state index is -0.0530. The van der Waals surface area contributed by atoms with Gasteiger partial charge in [-0.2, -0.15) is 0 Å². The molecule has 0 spiro atoms. The highest BCUT2D eigenvalue weighted by Gasteiger charge is 2.20. The van der Waals surface area contributed by atoms with Crippen molar-refractivity contribution in [3.8, 4) is 11.6 Å². The molecule has 0 bridgehead atoms. The first kappa shape index (κ1) is 18.1. The first-order valence-electron chi connectivity index (χ1n) is 9.03. The van der Waals surface area contributed by atoms with Crippen LogP contribution in [0.5, 0.6) is 0 Å². The lowest BCUT2D eigenvalue weighted by molar-refractivity contribution is 0.0383. The topological polar surface area (TPSA) is 80.5 Å². The molecule has 0 atom stereocenters. The summed E-state index contributed by atoms with van der Waals surface area (Å²) in [6.45, 7) is 8.72. The number of aromatic nitrogens is 2. The van der Waals surface area contributed by atoms with Crippen LogP contribution < -0.4 is 5.32 Å². The van der Waals surface area contributed by atoms with Crippen molar-refractivity contribution >= 4 is 27.5 Å². The number of ether oxygens (including phenoxy) is 1. The van der Waals surface area contributed by atoms with Crippen molar-refractivity contribution in [2.24, 2.45) is 0 Å². The second-order valence-corrected chi connectivity index (χ2v) is 7.56. The SMILES string of the molecule is Cc1nc(-c2ccco2)nc2sc(C(=O)NCCN3CCOCC3)c(C)c12. The van der Waals surface area contributed by atoms with E-state index in [1.807, 2.05) is 26.0 Å². The molecule has 3 aromatic heterocycles. The largest absolute Gasteiger partial charge is 0.461 e. The smallest absolute Gasteiger partial charge is 0.261 e. The van der Waals surface area contributed by atoms with Crippen LogP contribution >= 0.6 is 11.3 Å². The van der Waals surface area contributed by atoms with E-state index in [4.69, 9.17) is 9.15 Å². The van der Waals surface area contributed by atoms with E-state index in [1.165, 1.54) is 11.3 Å². The zero-order valence-electron chi connectivity index (χ0n) is 15.4. The molecule has 1 N–H and O–H groups in total. The van der Waals surface area contributed by atoms with Crippen molar-refractivity contribution < 1.29 is 13.9 Å². The summed E-state index contributed by atoms with van der Waals surface area (Å²) in [7, 11) is 0. The Kier molecular flexibility index (Phi) is 5.20. The van der Waals surface area contributed by atoms with Gasteiger partial charge in [-0.05, 0) is 31.5 Å². The van der Waals surface area contributed by atoms with Crippen molar-refractivity contribution in [2.45, 2.75) is 13.8 Å². The molecule has 1 aliphatic rings. The second-order valence-electron chi connectivity index (χ2n) is 6.56. The van der Waals surface area contributed by atoms with E-state index in [9.17, 15) is 4.79 Å². The van der Waals surface area contributed by atoms with E-state index in [0.717, 1.165) is 54.3 Å². The molecule has 7 nitrogen and oxygen atoms in total. The van der Waals surface area contributed by atoms with Crippen molar-refractivity contribution in [1.82, 2.24) is 20.2 Å². The Hall–Kier alpha value is -2.29. The molecule has 0 unspecified atom stereocenters. The number of fused-ring (bicyclic) bond motifs is 1. The molecule has 4 rings (SSSR count). The summed E-state index contributed by atoms with van der Waals surface area (Å²) in [6.07, 6.45) is 1.60. The molecule has 8 heteroatoms. The number of morpholine rings is 1. The molecule has 0 aromatic carbocycles. The quantitative estimate of drug-likeness (QED) is 0.726. The normalized spacial score (nSPS) is 15.3. The zero-order valence-corrected chi connectivity index (χ0v) is 16.3. The van der Waals surface area contributed by atoms with Crippen molar-refractivity contribution in [3.05, 3.63) is 34.5 Å². The Bertz CT molecular complexity index is 946. The number of carbonyl (C=O) groups is 1. The third kappa shape index (κ3) is 3.73. The maximum absolute atomic E-state index is 12.7. The van der Waals surface area contributed by atoms with E-state index in [2.05, 4.69) is 20.2 Å². The van der Waals surface area contributed by atoms with Crippen LogP contribution in [0, 0.1) is 13.8 Å². The number of thiophene rings is 1. The van der Waals surface area contributed by atoms with Gasteiger partial charge < -0.3 is 14.5 Å². The average molecular weight is 386 g/mol. The lowest BCUT2D eigenvalue weighted by atomic mass is 10.1. The molecule has 1 amide bonds. The molecule has 0 radical (unpaired) electrons. The number of hydrogen-bond donors (Lipinski definition) is 1. The van der Waals surface area contributed by atoms with Crippen molar-refractivity contribution in [2.75, 3.05) is 39.4 Å². The van der Waals surface area contributed by atoms with E-state index >= 15 is 0 Å². The van der Waals surface area contributed by atoms with E-state index in [0.29, 0.717) is 23.0 Å². The van der Waals surface area contributed by atoms with Crippen LogP contribution in [0.15, 0.2) is 22.8 Å². The van der Waals surface area contributed by atoms with Gasteiger partial charge in [0.1, 0.15) is 4.83 Å². The van der Waals surface area contributed by atoms with E-state index in [1.54, 1.807) is 6.26 Å². The van der Waals surface area contributed by atoms with Crippen molar-refractivity contribution in [1.29, 1.82) is 0 Å². The molecule has 27 heavy (non-hydrogen) atoms. The average Bonchev–Trinajstić information content (AvgIpc) is 3.31. The Labute approximate surface area is 161 Å². The van der Waals surface area contributed by atoms with Crippen LogP contribution in [0.25, 0.3) is 21.8 Å². The summed E-state index contributed by atoms with van der Waals surface area (Å²) in [6, 6.07) is 3.64. The summed E-state index contributed by atoms with van der Waals surface area (Å²) in [5.74, 6) is 1.12. The molecule has 142 valence electrons. The van der Waals surface area contributed by atoms with Gasteiger partial charge >= 0.3 is 0 Å². The molecule has 4 heterocycles. The molecule has 3 aromatic rings. The first-order valence-corrected chi connectivity index (χ1v) is 9.85. The lowest BCUT2D eigenvalue weighted by Crippen LogP contribution is -2.41. The highest BCUT2D eigenvalue weighted by atomic mass is 32.1. The van der Waals surface area contributed by atoms with Gasteiger partial charge in [0.2, 0.25) is 0 Å². The predicted octanol–water partition coefficient (Wildman–Crippen LogP) is 2.63. The molecule has 1 fully saturated rings. The van der Waals surface area contributed by atoms with Gasteiger partial charge in [0, 0.05) is 31.6 Å². The number of nitrogens with zero attached hydrogens (tertiary/aromatic N) is 3. The number of carbonyl (C=O) groups excluding carboxylic acids is 1. The molecular weight excluding hydrogens is 364 g/mol. The fraction of sp³-hybridized carbons (Fsp3) is 0.421. The fourth-order valence-electron chi connectivity index (χ4n) is 3.30. The monoisotopic (exact) mass is 386 g/mol. The minimum Gasteiger partial charge on any atom is -0.461 e. The lowest BCUT2D eigenvalue weighted by Gasteiger charge is -2.26. The van der Waals surface area contributed by atoms with Crippen LogP contribution in [0.4, 0.5) is 0 Å². The number of furan rings is 1. The maximum atomic E-state index is 12.7. The Morgan fingerprint density at radius 2 is 2.11 bits per heavy atom. The second kappa shape index (κ2) is 7.75. The molecule has 0 aliphatic carbocycles. The molecule has 1 aliphatic heterocycles. The summed E-state index contributed by atoms with van der Waals surface area (Å²) < 4.78 is 10.8. The summed E-state index contributed by atoms with van der Waals surface area (Å²) in [5.41, 5.74) is 1.79. The van der Waals surface area contributed by atoms with Gasteiger partial charge in [-0.3, -0.25) is 9.69 Å². The third-order valence-electron chi connectivity index (χ3n) is 4.74. The summed E-state index contributed by atoms with van der Waals surface area (Å²) in [4.78, 5) is 25.7. The van der Waals surface area contributed by atoms with Crippen LogP contribution in [-0.2, 0) is 4.74 Å². The maximum Gasteiger partial charge on any atom is 0.261 e. The standard InChI is InChI=1S/C19H22N4O3S/c1-12-15-13(2)21-17(14-4-3-9-26-14)22-19(15)27-16(12)18(24)20-5-6-23-7-10-25-11-8-23/h3-4,9H,5-8,10-11H2,1-2H3,(H,20,24). The number of hydrogen-bond acceptors (Lipinski definition) is 7. The first-order chi connectivity index (χ1) is 13.1. The Balaban J connectivity index is 1.52. The van der Waals surface area contributed by atoms with Crippen LogP contribution in [0.3, 0.4) is 0 Å². The fourth-order valence-corrected chi connectivity index (χ4v) is 4.45. The van der Waals surface area contributed by atoms with Crippen LogP contribution in [-0.4, -0.2) is 60.2 Å². The molecule has 0 saturated carbocycles.